The van der Waals surface area contributed by atoms with E-state index in [0.29, 0.717) is 0 Å². The first-order valence-corrected chi connectivity index (χ1v) is 6.46. The molecule has 3 rings (SSSR count). The normalized spacial score (nSPS) is 34.0. The molecule has 4 atom stereocenters. The molecule has 10 heteroatoms. The van der Waals surface area contributed by atoms with E-state index in [9.17, 15) is 9.90 Å². The molecular formula is C11H17N5O5. The third kappa shape index (κ3) is 2.16. The second kappa shape index (κ2) is 4.63. The highest BCUT2D eigenvalue weighted by atomic mass is 16.8. The zero-order valence-electron chi connectivity index (χ0n) is 11.6. The molecule has 2 saturated heterocycles. The van der Waals surface area contributed by atoms with Crippen LogP contribution in [0, 0.1) is 0 Å². The monoisotopic (exact) mass is 299 g/mol. The van der Waals surface area contributed by atoms with Gasteiger partial charge in [0.1, 0.15) is 18.3 Å². The van der Waals surface area contributed by atoms with Crippen LogP contribution in [-0.2, 0) is 14.2 Å². The number of ether oxygens (including phenoxy) is 3. The van der Waals surface area contributed by atoms with Crippen LogP contribution in [0.4, 0.5) is 5.82 Å². The van der Waals surface area contributed by atoms with Crippen molar-refractivity contribution in [2.24, 2.45) is 5.73 Å². The number of hydrogen-bond acceptors (Lipinski definition) is 8. The molecule has 0 saturated carbocycles. The van der Waals surface area contributed by atoms with Gasteiger partial charge in [0.15, 0.2) is 23.5 Å². The third-order valence-electron chi connectivity index (χ3n) is 3.51. The zero-order valence-corrected chi connectivity index (χ0v) is 11.6. The van der Waals surface area contributed by atoms with E-state index < -0.39 is 36.2 Å². The highest BCUT2D eigenvalue weighted by molar-refractivity contribution is 5.94. The Morgan fingerprint density at radius 3 is 2.67 bits per heavy atom. The van der Waals surface area contributed by atoms with Crippen molar-refractivity contribution in [2.45, 2.75) is 44.2 Å². The van der Waals surface area contributed by atoms with E-state index in [1.165, 1.54) is 4.68 Å². The van der Waals surface area contributed by atoms with Gasteiger partial charge in [-0.3, -0.25) is 4.79 Å². The number of nitrogens with zero attached hydrogens (tertiary/aromatic N) is 3. The Morgan fingerprint density at radius 2 is 2.10 bits per heavy atom. The van der Waals surface area contributed by atoms with Crippen molar-refractivity contribution in [3.63, 3.8) is 0 Å². The fourth-order valence-electron chi connectivity index (χ4n) is 2.67. The number of carbonyl (C=O) groups excluding carboxylic acids is 1. The van der Waals surface area contributed by atoms with Crippen molar-refractivity contribution in [1.82, 2.24) is 15.0 Å². The average molecular weight is 299 g/mol. The molecule has 0 unspecified atom stereocenters. The molecule has 116 valence electrons. The SMILES string of the molecule is CC1(C)O[C@@H]2[C@H](O1)[C@@H](CO)O[C@H]2n1nnc(C(N)=O)c1N. The Hall–Kier alpha value is -1.75. The summed E-state index contributed by atoms with van der Waals surface area (Å²) in [7, 11) is 0. The number of anilines is 1. The number of hydrogen-bond donors (Lipinski definition) is 3. The van der Waals surface area contributed by atoms with Gasteiger partial charge < -0.3 is 30.8 Å². The molecule has 0 aromatic carbocycles. The molecular weight excluding hydrogens is 282 g/mol. The van der Waals surface area contributed by atoms with Crippen LogP contribution in [0.5, 0.6) is 0 Å². The lowest BCUT2D eigenvalue weighted by molar-refractivity contribution is -0.201. The molecule has 0 bridgehead atoms. The van der Waals surface area contributed by atoms with Crippen molar-refractivity contribution < 1.29 is 24.1 Å². The van der Waals surface area contributed by atoms with Crippen LogP contribution < -0.4 is 11.5 Å². The Balaban J connectivity index is 1.94. The molecule has 1 amide bonds. The number of aliphatic hydroxyl groups is 1. The van der Waals surface area contributed by atoms with E-state index in [4.69, 9.17) is 25.7 Å². The Kier molecular flexibility index (Phi) is 3.13. The first kappa shape index (κ1) is 14.2. The fourth-order valence-corrected chi connectivity index (χ4v) is 2.67. The summed E-state index contributed by atoms with van der Waals surface area (Å²) in [6.07, 6.45) is -2.32. The molecule has 0 aliphatic carbocycles. The van der Waals surface area contributed by atoms with Gasteiger partial charge in [0.05, 0.1) is 6.61 Å². The number of aromatic nitrogens is 3. The Bertz CT molecular complexity index is 573. The molecule has 0 spiro atoms. The number of nitrogens with two attached hydrogens (primary N) is 2. The molecule has 10 nitrogen and oxygen atoms in total. The van der Waals surface area contributed by atoms with Gasteiger partial charge in [-0.1, -0.05) is 5.21 Å². The van der Waals surface area contributed by atoms with E-state index in [1.807, 2.05) is 0 Å². The van der Waals surface area contributed by atoms with Crippen LogP contribution in [0.2, 0.25) is 0 Å². The maximum absolute atomic E-state index is 11.2. The van der Waals surface area contributed by atoms with Crippen molar-refractivity contribution in [3.8, 4) is 0 Å². The summed E-state index contributed by atoms with van der Waals surface area (Å²) in [5.74, 6) is -1.61. The Labute approximate surface area is 119 Å². The van der Waals surface area contributed by atoms with Crippen molar-refractivity contribution in [3.05, 3.63) is 5.69 Å². The smallest absolute Gasteiger partial charge is 0.273 e. The molecule has 2 aliphatic heterocycles. The number of carbonyl (C=O) groups is 1. The van der Waals surface area contributed by atoms with Gasteiger partial charge in [-0.15, -0.1) is 5.10 Å². The second-order valence-electron chi connectivity index (χ2n) is 5.44. The van der Waals surface area contributed by atoms with E-state index in [1.54, 1.807) is 13.8 Å². The number of nitrogen functional groups attached to an aromatic ring is 1. The quantitative estimate of drug-likeness (QED) is 0.602. The predicted octanol–water partition coefficient (Wildman–Crippen LogP) is -1.63. The summed E-state index contributed by atoms with van der Waals surface area (Å²) < 4.78 is 18.4. The molecule has 3 heterocycles. The van der Waals surface area contributed by atoms with Crippen molar-refractivity contribution in [1.29, 1.82) is 0 Å². The van der Waals surface area contributed by atoms with Crippen LogP contribution in [0.1, 0.15) is 30.6 Å². The highest BCUT2D eigenvalue weighted by Crippen LogP contribution is 2.43. The van der Waals surface area contributed by atoms with Gasteiger partial charge >= 0.3 is 0 Å². The summed E-state index contributed by atoms with van der Waals surface area (Å²) in [6, 6.07) is 0. The number of amides is 1. The molecule has 2 fully saturated rings. The number of fused-ring (bicyclic) bond motifs is 1. The molecule has 0 radical (unpaired) electrons. The summed E-state index contributed by atoms with van der Waals surface area (Å²) in [5.41, 5.74) is 10.8. The first-order valence-electron chi connectivity index (χ1n) is 6.46. The molecule has 2 aliphatic rings. The van der Waals surface area contributed by atoms with Crippen LogP contribution in [0.15, 0.2) is 0 Å². The number of aliphatic hydroxyl groups excluding tert-OH is 1. The molecule has 21 heavy (non-hydrogen) atoms. The van der Waals surface area contributed by atoms with Crippen LogP contribution in [-0.4, -0.2) is 56.7 Å². The largest absolute Gasteiger partial charge is 0.394 e. The first-order chi connectivity index (χ1) is 9.84. The van der Waals surface area contributed by atoms with Gasteiger partial charge in [0.25, 0.3) is 5.91 Å². The van der Waals surface area contributed by atoms with Crippen LogP contribution >= 0.6 is 0 Å². The van der Waals surface area contributed by atoms with Crippen LogP contribution in [0.3, 0.4) is 0 Å². The molecule has 1 aromatic rings. The number of rotatable bonds is 3. The minimum absolute atomic E-state index is 0.0156. The standard InChI is InChI=1S/C11H17N5O5/c1-11(2)20-6-4(3-17)19-10(7(6)21-11)16-8(12)5(9(13)18)14-15-16/h4,6-7,10,17H,3,12H2,1-2H3,(H2,13,18)/t4-,6-,7-,10-/m1/s1. The van der Waals surface area contributed by atoms with E-state index in [-0.39, 0.29) is 18.1 Å². The van der Waals surface area contributed by atoms with E-state index in [0.717, 1.165) is 0 Å². The highest BCUT2D eigenvalue weighted by Gasteiger charge is 2.56. The third-order valence-corrected chi connectivity index (χ3v) is 3.51. The van der Waals surface area contributed by atoms with Crippen LogP contribution in [0.25, 0.3) is 0 Å². The lowest BCUT2D eigenvalue weighted by Crippen LogP contribution is -2.31. The number of primary amides is 1. The van der Waals surface area contributed by atoms with Gasteiger partial charge in [-0.2, -0.15) is 4.68 Å². The van der Waals surface area contributed by atoms with Crippen molar-refractivity contribution >= 4 is 11.7 Å². The minimum atomic E-state index is -0.813. The second-order valence-corrected chi connectivity index (χ2v) is 5.44. The molecule has 1 aromatic heterocycles. The van der Waals surface area contributed by atoms with Gasteiger partial charge in [0.2, 0.25) is 0 Å². The fraction of sp³-hybridized carbons (Fsp3) is 0.727. The maximum Gasteiger partial charge on any atom is 0.273 e. The van der Waals surface area contributed by atoms with Gasteiger partial charge in [-0.25, -0.2) is 0 Å². The van der Waals surface area contributed by atoms with E-state index >= 15 is 0 Å². The summed E-state index contributed by atoms with van der Waals surface area (Å²) in [6.45, 7) is 3.28. The average Bonchev–Trinajstić information content (AvgIpc) is 3.00. The van der Waals surface area contributed by atoms with Crippen molar-refractivity contribution in [2.75, 3.05) is 12.3 Å². The summed E-state index contributed by atoms with van der Waals surface area (Å²) in [4.78, 5) is 11.2. The lowest BCUT2D eigenvalue weighted by atomic mass is 10.1. The topological polar surface area (TPSA) is 148 Å². The van der Waals surface area contributed by atoms with Gasteiger partial charge in [-0.05, 0) is 13.8 Å². The summed E-state index contributed by atoms with van der Waals surface area (Å²) in [5, 5.41) is 16.8. The maximum atomic E-state index is 11.2. The Morgan fingerprint density at radius 1 is 1.43 bits per heavy atom. The van der Waals surface area contributed by atoms with E-state index in [2.05, 4.69) is 10.3 Å². The summed E-state index contributed by atoms with van der Waals surface area (Å²) >= 11 is 0. The minimum Gasteiger partial charge on any atom is -0.394 e. The lowest BCUT2D eigenvalue weighted by Gasteiger charge is -2.23. The zero-order chi connectivity index (χ0) is 15.4. The molecule has 5 N–H and O–H groups in total. The predicted molar refractivity (Wildman–Crippen MR) is 67.8 cm³/mol. The van der Waals surface area contributed by atoms with Gasteiger partial charge in [0, 0.05) is 0 Å².